The van der Waals surface area contributed by atoms with Crippen molar-refractivity contribution in [1.29, 1.82) is 0 Å². The Morgan fingerprint density at radius 1 is 1.00 bits per heavy atom. The van der Waals surface area contributed by atoms with E-state index in [2.05, 4.69) is 49.6 Å². The average molecular weight is 309 g/mol. The second kappa shape index (κ2) is 6.37. The molecule has 0 fully saturated rings. The Kier molecular flexibility index (Phi) is 4.28. The van der Waals surface area contributed by atoms with Crippen molar-refractivity contribution in [3.8, 4) is 11.5 Å². The van der Waals surface area contributed by atoms with Crippen LogP contribution >= 0.6 is 0 Å². The van der Waals surface area contributed by atoms with E-state index in [0.717, 1.165) is 11.5 Å². The van der Waals surface area contributed by atoms with E-state index in [0.29, 0.717) is 12.6 Å². The van der Waals surface area contributed by atoms with Gasteiger partial charge in [-0.25, -0.2) is 0 Å². The number of hydrogen-bond donors (Lipinski definition) is 0. The van der Waals surface area contributed by atoms with Gasteiger partial charge in [0.1, 0.15) is 18.1 Å². The van der Waals surface area contributed by atoms with Gasteiger partial charge in [0.15, 0.2) is 0 Å². The minimum Gasteiger partial charge on any atom is -0.497 e. The zero-order valence-corrected chi connectivity index (χ0v) is 14.2. The molecule has 0 saturated heterocycles. The number of ether oxygens (including phenoxy) is 2. The summed E-state index contributed by atoms with van der Waals surface area (Å²) in [6, 6.07) is 16.8. The summed E-state index contributed by atoms with van der Waals surface area (Å²) in [6.07, 6.45) is 0. The van der Waals surface area contributed by atoms with Crippen LogP contribution in [0, 0.1) is 6.92 Å². The van der Waals surface area contributed by atoms with E-state index in [1.54, 1.807) is 7.11 Å². The van der Waals surface area contributed by atoms with Crippen LogP contribution in [0.3, 0.4) is 0 Å². The standard InChI is InChI=1S/C20H23NO2/c1-14(2)21-17(12-16-7-5-6-15(3)20(16)21)13-23-19-10-8-18(22-4)9-11-19/h5-12,14H,13H2,1-4H3. The number of nitrogens with zero attached hydrogens (tertiary/aromatic N) is 1. The van der Waals surface area contributed by atoms with Crippen molar-refractivity contribution in [2.24, 2.45) is 0 Å². The highest BCUT2D eigenvalue weighted by atomic mass is 16.5. The highest BCUT2D eigenvalue weighted by Crippen LogP contribution is 2.28. The topological polar surface area (TPSA) is 23.4 Å². The Labute approximate surface area is 137 Å². The number of fused-ring (bicyclic) bond motifs is 1. The molecule has 0 unspecified atom stereocenters. The first-order valence-corrected chi connectivity index (χ1v) is 7.96. The monoisotopic (exact) mass is 309 g/mol. The summed E-state index contributed by atoms with van der Waals surface area (Å²) >= 11 is 0. The molecule has 1 heterocycles. The van der Waals surface area contributed by atoms with Crippen molar-refractivity contribution in [2.45, 2.75) is 33.4 Å². The number of aryl methyl sites for hydroxylation is 1. The molecule has 0 amide bonds. The summed E-state index contributed by atoms with van der Waals surface area (Å²) in [5.41, 5.74) is 3.79. The molecule has 0 radical (unpaired) electrons. The summed E-state index contributed by atoms with van der Waals surface area (Å²) in [5, 5.41) is 1.27. The van der Waals surface area contributed by atoms with Crippen LogP contribution in [0.25, 0.3) is 10.9 Å². The van der Waals surface area contributed by atoms with Gasteiger partial charge in [-0.2, -0.15) is 0 Å². The van der Waals surface area contributed by atoms with E-state index in [9.17, 15) is 0 Å². The molecule has 3 aromatic rings. The molecule has 0 atom stereocenters. The number of rotatable bonds is 5. The third kappa shape index (κ3) is 3.04. The minimum atomic E-state index is 0.392. The van der Waals surface area contributed by atoms with Crippen LogP contribution in [-0.4, -0.2) is 11.7 Å². The second-order valence-electron chi connectivity index (χ2n) is 6.08. The molecule has 3 rings (SSSR count). The Morgan fingerprint density at radius 2 is 1.70 bits per heavy atom. The lowest BCUT2D eigenvalue weighted by molar-refractivity contribution is 0.292. The van der Waals surface area contributed by atoms with Crippen LogP contribution < -0.4 is 9.47 Å². The first-order chi connectivity index (χ1) is 11.1. The molecule has 1 aromatic heterocycles. The number of methoxy groups -OCH3 is 1. The van der Waals surface area contributed by atoms with Crippen LogP contribution in [0.5, 0.6) is 11.5 Å². The van der Waals surface area contributed by atoms with Gasteiger partial charge in [-0.05, 0) is 56.7 Å². The molecule has 120 valence electrons. The van der Waals surface area contributed by atoms with Crippen molar-refractivity contribution < 1.29 is 9.47 Å². The van der Waals surface area contributed by atoms with E-state index in [4.69, 9.17) is 9.47 Å². The van der Waals surface area contributed by atoms with Crippen molar-refractivity contribution >= 4 is 10.9 Å². The maximum absolute atomic E-state index is 5.98. The zero-order chi connectivity index (χ0) is 16.4. The summed E-state index contributed by atoms with van der Waals surface area (Å²) in [7, 11) is 1.67. The first kappa shape index (κ1) is 15.5. The summed E-state index contributed by atoms with van der Waals surface area (Å²) < 4.78 is 13.5. The second-order valence-corrected chi connectivity index (χ2v) is 6.08. The van der Waals surface area contributed by atoms with Gasteiger partial charge in [-0.15, -0.1) is 0 Å². The van der Waals surface area contributed by atoms with Gasteiger partial charge in [-0.1, -0.05) is 18.2 Å². The molecule has 3 heteroatoms. The van der Waals surface area contributed by atoms with Crippen LogP contribution in [0.4, 0.5) is 0 Å². The molecule has 2 aromatic carbocycles. The fraction of sp³-hybridized carbons (Fsp3) is 0.300. The third-order valence-corrected chi connectivity index (χ3v) is 4.10. The fourth-order valence-corrected chi connectivity index (χ4v) is 3.05. The van der Waals surface area contributed by atoms with Gasteiger partial charge in [-0.3, -0.25) is 0 Å². The molecule has 0 aliphatic carbocycles. The summed E-state index contributed by atoms with van der Waals surface area (Å²) in [5.74, 6) is 1.69. The molecule has 0 aliphatic rings. The van der Waals surface area contributed by atoms with Gasteiger partial charge >= 0.3 is 0 Å². The zero-order valence-electron chi connectivity index (χ0n) is 14.2. The quantitative estimate of drug-likeness (QED) is 0.653. The van der Waals surface area contributed by atoms with E-state index in [-0.39, 0.29) is 0 Å². The Bertz CT molecular complexity index is 800. The predicted octanol–water partition coefficient (Wildman–Crippen LogP) is 5.12. The number of aromatic nitrogens is 1. The van der Waals surface area contributed by atoms with E-state index < -0.39 is 0 Å². The van der Waals surface area contributed by atoms with Gasteiger partial charge < -0.3 is 14.0 Å². The van der Waals surface area contributed by atoms with Gasteiger partial charge in [0.25, 0.3) is 0 Å². The SMILES string of the molecule is COc1ccc(OCc2cc3cccc(C)c3n2C(C)C)cc1. The van der Waals surface area contributed by atoms with E-state index >= 15 is 0 Å². The molecule has 0 saturated carbocycles. The molecular formula is C20H23NO2. The van der Waals surface area contributed by atoms with Gasteiger partial charge in [0, 0.05) is 11.4 Å². The van der Waals surface area contributed by atoms with Gasteiger partial charge in [0.05, 0.1) is 18.3 Å². The summed E-state index contributed by atoms with van der Waals surface area (Å²) in [6.45, 7) is 7.14. The maximum Gasteiger partial charge on any atom is 0.128 e. The Balaban J connectivity index is 1.90. The number of hydrogen-bond acceptors (Lipinski definition) is 2. The van der Waals surface area contributed by atoms with E-state index in [1.165, 1.54) is 22.2 Å². The summed E-state index contributed by atoms with van der Waals surface area (Å²) in [4.78, 5) is 0. The lowest BCUT2D eigenvalue weighted by Crippen LogP contribution is -2.08. The van der Waals surface area contributed by atoms with E-state index in [1.807, 2.05) is 24.3 Å². The molecular weight excluding hydrogens is 286 g/mol. The smallest absolute Gasteiger partial charge is 0.128 e. The molecule has 3 nitrogen and oxygen atoms in total. The van der Waals surface area contributed by atoms with Gasteiger partial charge in [0.2, 0.25) is 0 Å². The Morgan fingerprint density at radius 3 is 2.35 bits per heavy atom. The molecule has 0 spiro atoms. The highest BCUT2D eigenvalue weighted by molar-refractivity contribution is 5.84. The molecule has 0 bridgehead atoms. The average Bonchev–Trinajstić information content (AvgIpc) is 2.93. The molecule has 0 N–H and O–H groups in total. The minimum absolute atomic E-state index is 0.392. The van der Waals surface area contributed by atoms with Crippen LogP contribution in [0.2, 0.25) is 0 Å². The van der Waals surface area contributed by atoms with Crippen LogP contribution in [0.15, 0.2) is 48.5 Å². The molecule has 23 heavy (non-hydrogen) atoms. The number of para-hydroxylation sites is 1. The van der Waals surface area contributed by atoms with Crippen LogP contribution in [0.1, 0.15) is 31.1 Å². The number of benzene rings is 2. The van der Waals surface area contributed by atoms with Crippen LogP contribution in [-0.2, 0) is 6.61 Å². The normalized spacial score (nSPS) is 11.2. The van der Waals surface area contributed by atoms with Crippen molar-refractivity contribution in [2.75, 3.05) is 7.11 Å². The Hall–Kier alpha value is -2.42. The fourth-order valence-electron chi connectivity index (χ4n) is 3.05. The predicted molar refractivity (Wildman–Crippen MR) is 94.4 cm³/mol. The van der Waals surface area contributed by atoms with Crippen molar-refractivity contribution in [3.63, 3.8) is 0 Å². The largest absolute Gasteiger partial charge is 0.497 e. The van der Waals surface area contributed by atoms with Crippen molar-refractivity contribution in [3.05, 3.63) is 59.8 Å². The van der Waals surface area contributed by atoms with Crippen molar-refractivity contribution in [1.82, 2.24) is 4.57 Å². The lowest BCUT2D eigenvalue weighted by Gasteiger charge is -2.16. The lowest BCUT2D eigenvalue weighted by atomic mass is 10.1. The third-order valence-electron chi connectivity index (χ3n) is 4.10. The first-order valence-electron chi connectivity index (χ1n) is 7.96. The maximum atomic E-state index is 5.98. The highest BCUT2D eigenvalue weighted by Gasteiger charge is 2.13. The molecule has 0 aliphatic heterocycles.